The van der Waals surface area contributed by atoms with Gasteiger partial charge in [0.15, 0.2) is 0 Å². The first-order chi connectivity index (χ1) is 9.86. The molecule has 0 aliphatic carbocycles. The molecule has 1 heterocycles. The van der Waals surface area contributed by atoms with Gasteiger partial charge in [-0.15, -0.1) is 11.3 Å². The molecule has 0 radical (unpaired) electrons. The highest BCUT2D eigenvalue weighted by Crippen LogP contribution is 2.40. The molecule has 0 unspecified atom stereocenters. The molecule has 3 nitrogen and oxygen atoms in total. The lowest BCUT2D eigenvalue weighted by atomic mass is 10.1. The third-order valence-electron chi connectivity index (χ3n) is 3.15. The van der Waals surface area contributed by atoms with Crippen molar-refractivity contribution in [2.75, 3.05) is 12.3 Å². The van der Waals surface area contributed by atoms with Crippen LogP contribution in [0.4, 0.5) is 14.5 Å². The number of aryl methyl sites for hydroxylation is 1. The Kier molecular flexibility index (Phi) is 4.27. The number of nitrogens with two attached hydrogens (primary N) is 1. The van der Waals surface area contributed by atoms with Crippen molar-refractivity contribution in [3.05, 3.63) is 39.8 Å². The number of esters is 1. The largest absolute Gasteiger partial charge is 0.462 e. The molecule has 2 N–H and O–H groups in total. The maximum atomic E-state index is 14.0. The highest BCUT2D eigenvalue weighted by atomic mass is 32.1. The maximum absolute atomic E-state index is 14.0. The van der Waals surface area contributed by atoms with Crippen molar-refractivity contribution in [3.63, 3.8) is 0 Å². The van der Waals surface area contributed by atoms with Gasteiger partial charge in [-0.3, -0.25) is 0 Å². The summed E-state index contributed by atoms with van der Waals surface area (Å²) in [5, 5.41) is 0. The number of hydrogen-bond acceptors (Lipinski definition) is 4. The van der Waals surface area contributed by atoms with Crippen LogP contribution in [-0.2, 0) is 4.74 Å². The molecule has 0 bridgehead atoms. The molecule has 21 heavy (non-hydrogen) atoms. The number of ether oxygens (including phenoxy) is 1. The van der Waals surface area contributed by atoms with Crippen LogP contribution in [-0.4, -0.2) is 12.6 Å². The molecule has 0 fully saturated rings. The Morgan fingerprint density at radius 1 is 1.29 bits per heavy atom. The van der Waals surface area contributed by atoms with Gasteiger partial charge >= 0.3 is 5.97 Å². The van der Waals surface area contributed by atoms with Gasteiger partial charge < -0.3 is 10.5 Å². The third kappa shape index (κ3) is 2.76. The molecule has 1 aromatic heterocycles. The summed E-state index contributed by atoms with van der Waals surface area (Å²) in [7, 11) is 0. The lowest BCUT2D eigenvalue weighted by molar-refractivity contribution is 0.0533. The minimum Gasteiger partial charge on any atom is -0.462 e. The molecule has 6 heteroatoms. The summed E-state index contributed by atoms with van der Waals surface area (Å²) in [5.74, 6) is -1.82. The van der Waals surface area contributed by atoms with E-state index in [1.165, 1.54) is 6.07 Å². The number of anilines is 1. The minimum absolute atomic E-state index is 0.231. The van der Waals surface area contributed by atoms with Crippen LogP contribution < -0.4 is 5.73 Å². The van der Waals surface area contributed by atoms with Gasteiger partial charge in [0.05, 0.1) is 12.3 Å². The second-order valence-electron chi connectivity index (χ2n) is 4.60. The maximum Gasteiger partial charge on any atom is 0.350 e. The summed E-state index contributed by atoms with van der Waals surface area (Å²) in [6.07, 6.45) is 0. The standard InChI is InChI=1S/C15H15F2NO2S/c1-4-20-15(19)14-12(18)8(3)13(21-14)9-5-7(2)10(16)6-11(9)17/h5-6H,4,18H2,1-3H3. The van der Waals surface area contributed by atoms with Crippen LogP contribution in [0.3, 0.4) is 0 Å². The number of carbonyl (C=O) groups excluding carboxylic acids is 1. The van der Waals surface area contributed by atoms with Crippen molar-refractivity contribution in [3.8, 4) is 10.4 Å². The second-order valence-corrected chi connectivity index (χ2v) is 5.62. The van der Waals surface area contributed by atoms with E-state index in [0.29, 0.717) is 16.0 Å². The SMILES string of the molecule is CCOC(=O)c1sc(-c2cc(C)c(F)cc2F)c(C)c1N. The van der Waals surface area contributed by atoms with Crippen LogP contribution in [0.25, 0.3) is 10.4 Å². The van der Waals surface area contributed by atoms with Crippen molar-refractivity contribution < 1.29 is 18.3 Å². The zero-order chi connectivity index (χ0) is 15.7. The molecule has 0 amide bonds. The van der Waals surface area contributed by atoms with Gasteiger partial charge in [-0.05, 0) is 38.0 Å². The number of carbonyl (C=O) groups is 1. The van der Waals surface area contributed by atoms with Gasteiger partial charge in [0.2, 0.25) is 0 Å². The van der Waals surface area contributed by atoms with Crippen LogP contribution in [0.15, 0.2) is 12.1 Å². The second kappa shape index (κ2) is 5.81. The Labute approximate surface area is 125 Å². The van der Waals surface area contributed by atoms with E-state index >= 15 is 0 Å². The smallest absolute Gasteiger partial charge is 0.350 e. The van der Waals surface area contributed by atoms with Crippen LogP contribution in [0.1, 0.15) is 27.7 Å². The van der Waals surface area contributed by atoms with Crippen LogP contribution in [0.2, 0.25) is 0 Å². The molecule has 0 aliphatic rings. The topological polar surface area (TPSA) is 52.3 Å². The monoisotopic (exact) mass is 311 g/mol. The number of hydrogen-bond donors (Lipinski definition) is 1. The van der Waals surface area contributed by atoms with E-state index in [4.69, 9.17) is 10.5 Å². The van der Waals surface area contributed by atoms with E-state index < -0.39 is 17.6 Å². The number of thiophene rings is 1. The zero-order valence-electron chi connectivity index (χ0n) is 11.9. The Balaban J connectivity index is 2.58. The van der Waals surface area contributed by atoms with E-state index in [1.807, 2.05) is 0 Å². The molecular weight excluding hydrogens is 296 g/mol. The van der Waals surface area contributed by atoms with E-state index in [9.17, 15) is 13.6 Å². The van der Waals surface area contributed by atoms with Crippen LogP contribution >= 0.6 is 11.3 Å². The van der Waals surface area contributed by atoms with E-state index in [1.54, 1.807) is 20.8 Å². The Morgan fingerprint density at radius 3 is 2.57 bits per heavy atom. The van der Waals surface area contributed by atoms with Gasteiger partial charge in [-0.25, -0.2) is 13.6 Å². The van der Waals surface area contributed by atoms with Gasteiger partial charge in [0.1, 0.15) is 16.5 Å². The molecule has 0 atom stereocenters. The molecule has 0 saturated carbocycles. The summed E-state index contributed by atoms with van der Waals surface area (Å²) in [6.45, 7) is 5.17. The van der Waals surface area contributed by atoms with Gasteiger partial charge in [0.25, 0.3) is 0 Å². The first-order valence-corrected chi connectivity index (χ1v) is 7.20. The summed E-state index contributed by atoms with van der Waals surface area (Å²) >= 11 is 1.05. The Bertz CT molecular complexity index is 710. The van der Waals surface area contributed by atoms with Crippen molar-refractivity contribution in [1.82, 2.24) is 0 Å². The highest BCUT2D eigenvalue weighted by Gasteiger charge is 2.22. The van der Waals surface area contributed by atoms with E-state index in [2.05, 4.69) is 0 Å². The van der Waals surface area contributed by atoms with Crippen LogP contribution in [0, 0.1) is 25.5 Å². The predicted molar refractivity (Wildman–Crippen MR) is 79.5 cm³/mol. The average Bonchev–Trinajstić information content (AvgIpc) is 2.71. The van der Waals surface area contributed by atoms with Crippen molar-refractivity contribution in [1.29, 1.82) is 0 Å². The lowest BCUT2D eigenvalue weighted by Gasteiger charge is -2.05. The normalized spacial score (nSPS) is 10.7. The number of benzene rings is 1. The first kappa shape index (κ1) is 15.4. The first-order valence-electron chi connectivity index (χ1n) is 6.38. The highest BCUT2D eigenvalue weighted by molar-refractivity contribution is 7.18. The van der Waals surface area contributed by atoms with Gasteiger partial charge in [-0.1, -0.05) is 0 Å². The molecule has 0 saturated heterocycles. The number of rotatable bonds is 3. The van der Waals surface area contributed by atoms with Crippen LogP contribution in [0.5, 0.6) is 0 Å². The fourth-order valence-corrected chi connectivity index (χ4v) is 3.10. The third-order valence-corrected chi connectivity index (χ3v) is 4.47. The molecule has 1 aromatic carbocycles. The minimum atomic E-state index is -0.683. The Morgan fingerprint density at radius 2 is 1.95 bits per heavy atom. The van der Waals surface area contributed by atoms with Crippen molar-refractivity contribution >= 4 is 23.0 Å². The zero-order valence-corrected chi connectivity index (χ0v) is 12.7. The van der Waals surface area contributed by atoms with E-state index in [-0.39, 0.29) is 22.7 Å². The van der Waals surface area contributed by atoms with E-state index in [0.717, 1.165) is 17.4 Å². The molecule has 112 valence electrons. The summed E-state index contributed by atoms with van der Waals surface area (Å²) < 4.78 is 32.3. The molecule has 0 aliphatic heterocycles. The number of halogens is 2. The number of nitrogen functional groups attached to an aromatic ring is 1. The predicted octanol–water partition coefficient (Wildman–Crippen LogP) is 4.07. The summed E-state index contributed by atoms with van der Waals surface area (Å²) in [5.41, 5.74) is 7.33. The van der Waals surface area contributed by atoms with Crippen molar-refractivity contribution in [2.24, 2.45) is 0 Å². The summed E-state index contributed by atoms with van der Waals surface area (Å²) in [4.78, 5) is 12.6. The Hall–Kier alpha value is -1.95. The lowest BCUT2D eigenvalue weighted by Crippen LogP contribution is -2.05. The molecule has 0 spiro atoms. The average molecular weight is 311 g/mol. The van der Waals surface area contributed by atoms with Gasteiger partial charge in [-0.2, -0.15) is 0 Å². The quantitative estimate of drug-likeness (QED) is 0.869. The molecule has 2 aromatic rings. The van der Waals surface area contributed by atoms with Crippen molar-refractivity contribution in [2.45, 2.75) is 20.8 Å². The molecular formula is C15H15F2NO2S. The molecule has 2 rings (SSSR count). The summed E-state index contributed by atoms with van der Waals surface area (Å²) in [6, 6.07) is 2.25. The fraction of sp³-hybridized carbons (Fsp3) is 0.267. The van der Waals surface area contributed by atoms with Gasteiger partial charge in [0, 0.05) is 16.5 Å². The fourth-order valence-electron chi connectivity index (χ4n) is 1.96.